The van der Waals surface area contributed by atoms with Gasteiger partial charge in [0.25, 0.3) is 5.91 Å². The molecule has 1 aliphatic rings. The lowest BCUT2D eigenvalue weighted by atomic mass is 10.00. The van der Waals surface area contributed by atoms with Gasteiger partial charge in [0.15, 0.2) is 5.82 Å². The van der Waals surface area contributed by atoms with Crippen molar-refractivity contribution < 1.29 is 4.79 Å². The SMILES string of the molecule is CCc1nc(-c2ccccc2)nc(N2CCN(C(=O)c3cccs3)CC2)c1Cc1cccc(C)c1. The summed E-state index contributed by atoms with van der Waals surface area (Å²) < 4.78 is 0. The van der Waals surface area contributed by atoms with Crippen molar-refractivity contribution in [3.8, 4) is 11.4 Å². The summed E-state index contributed by atoms with van der Waals surface area (Å²) in [6, 6.07) is 22.7. The van der Waals surface area contributed by atoms with E-state index in [4.69, 9.17) is 9.97 Å². The minimum absolute atomic E-state index is 0.126. The zero-order valence-corrected chi connectivity index (χ0v) is 21.1. The normalized spacial score (nSPS) is 13.8. The van der Waals surface area contributed by atoms with Gasteiger partial charge < -0.3 is 9.80 Å². The van der Waals surface area contributed by atoms with E-state index in [1.165, 1.54) is 28.0 Å². The van der Waals surface area contributed by atoms with Crippen LogP contribution in [0.1, 0.15) is 39.0 Å². The fraction of sp³-hybridized carbons (Fsp3) is 0.276. The van der Waals surface area contributed by atoms with Gasteiger partial charge in [0.05, 0.1) is 4.88 Å². The zero-order valence-electron chi connectivity index (χ0n) is 20.3. The fourth-order valence-corrected chi connectivity index (χ4v) is 5.36. The van der Waals surface area contributed by atoms with Crippen molar-refractivity contribution in [2.75, 3.05) is 31.1 Å². The highest BCUT2D eigenvalue weighted by Crippen LogP contribution is 2.29. The smallest absolute Gasteiger partial charge is 0.264 e. The van der Waals surface area contributed by atoms with Gasteiger partial charge in [-0.15, -0.1) is 11.3 Å². The van der Waals surface area contributed by atoms with Crippen molar-refractivity contribution in [3.63, 3.8) is 0 Å². The van der Waals surface area contributed by atoms with Crippen molar-refractivity contribution in [3.05, 3.63) is 99.4 Å². The molecule has 35 heavy (non-hydrogen) atoms. The number of nitrogens with zero attached hydrogens (tertiary/aromatic N) is 4. The molecule has 178 valence electrons. The van der Waals surface area contributed by atoms with Gasteiger partial charge >= 0.3 is 0 Å². The fourth-order valence-electron chi connectivity index (χ4n) is 4.67. The van der Waals surface area contributed by atoms with Crippen LogP contribution in [0.5, 0.6) is 0 Å². The van der Waals surface area contributed by atoms with Gasteiger partial charge in [0.1, 0.15) is 5.82 Å². The van der Waals surface area contributed by atoms with Gasteiger partial charge in [-0.05, 0) is 30.4 Å². The number of benzene rings is 2. The molecule has 0 spiro atoms. The first-order valence-corrected chi connectivity index (χ1v) is 13.1. The number of aromatic nitrogens is 2. The lowest BCUT2D eigenvalue weighted by molar-refractivity contribution is 0.0751. The number of thiophene rings is 1. The maximum absolute atomic E-state index is 12.9. The average Bonchev–Trinajstić information content (AvgIpc) is 3.44. The summed E-state index contributed by atoms with van der Waals surface area (Å²) in [5.41, 5.74) is 5.83. The van der Waals surface area contributed by atoms with Crippen LogP contribution in [0, 0.1) is 6.92 Å². The predicted molar refractivity (Wildman–Crippen MR) is 143 cm³/mol. The monoisotopic (exact) mass is 482 g/mol. The standard InChI is InChI=1S/C29H30N4OS/c1-3-25-24(20-22-10-7-9-21(2)19-22)28(31-27(30-25)23-11-5-4-6-12-23)32-14-16-33(17-15-32)29(34)26-13-8-18-35-26/h4-13,18-19H,3,14-17,20H2,1-2H3. The van der Waals surface area contributed by atoms with Gasteiger partial charge in [-0.25, -0.2) is 9.97 Å². The van der Waals surface area contributed by atoms with Gasteiger partial charge in [-0.3, -0.25) is 4.79 Å². The Morgan fingerprint density at radius 1 is 0.943 bits per heavy atom. The molecule has 3 heterocycles. The first kappa shape index (κ1) is 23.2. The number of anilines is 1. The Labute approximate surface area is 211 Å². The summed E-state index contributed by atoms with van der Waals surface area (Å²) in [6.45, 7) is 7.18. The molecule has 1 amide bonds. The molecular weight excluding hydrogens is 452 g/mol. The van der Waals surface area contributed by atoms with E-state index in [1.807, 2.05) is 40.6 Å². The van der Waals surface area contributed by atoms with Crippen LogP contribution in [-0.4, -0.2) is 47.0 Å². The van der Waals surface area contributed by atoms with Gasteiger partial charge in [0.2, 0.25) is 0 Å². The van der Waals surface area contributed by atoms with Gasteiger partial charge in [-0.2, -0.15) is 0 Å². The molecule has 0 N–H and O–H groups in total. The Balaban J connectivity index is 1.49. The molecule has 5 nitrogen and oxygen atoms in total. The molecule has 0 saturated carbocycles. The maximum Gasteiger partial charge on any atom is 0.264 e. The van der Waals surface area contributed by atoms with E-state index in [9.17, 15) is 4.79 Å². The number of hydrogen-bond donors (Lipinski definition) is 0. The van der Waals surface area contributed by atoms with Crippen molar-refractivity contribution in [2.45, 2.75) is 26.7 Å². The predicted octanol–water partition coefficient (Wildman–Crippen LogP) is 5.63. The third-order valence-electron chi connectivity index (χ3n) is 6.50. The largest absolute Gasteiger partial charge is 0.353 e. The number of amides is 1. The highest BCUT2D eigenvalue weighted by molar-refractivity contribution is 7.12. The summed E-state index contributed by atoms with van der Waals surface area (Å²) >= 11 is 1.51. The van der Waals surface area contributed by atoms with Crippen LogP contribution in [0.2, 0.25) is 0 Å². The van der Waals surface area contributed by atoms with E-state index in [1.54, 1.807) is 0 Å². The first-order valence-electron chi connectivity index (χ1n) is 12.2. The van der Waals surface area contributed by atoms with Crippen LogP contribution in [-0.2, 0) is 12.8 Å². The van der Waals surface area contributed by atoms with Crippen molar-refractivity contribution in [2.24, 2.45) is 0 Å². The molecule has 1 aliphatic heterocycles. The van der Waals surface area contributed by atoms with Crippen LogP contribution in [0.4, 0.5) is 5.82 Å². The molecule has 2 aromatic heterocycles. The number of hydrogen-bond acceptors (Lipinski definition) is 5. The number of rotatable bonds is 6. The van der Waals surface area contributed by atoms with Crippen LogP contribution < -0.4 is 4.90 Å². The van der Waals surface area contributed by atoms with Crippen LogP contribution in [0.15, 0.2) is 72.1 Å². The quantitative estimate of drug-likeness (QED) is 0.357. The molecule has 1 fully saturated rings. The zero-order chi connectivity index (χ0) is 24.2. The summed E-state index contributed by atoms with van der Waals surface area (Å²) in [7, 11) is 0. The number of piperazine rings is 1. The van der Waals surface area contributed by atoms with Gasteiger partial charge in [0, 0.05) is 49.4 Å². The maximum atomic E-state index is 12.9. The number of carbonyl (C=O) groups excluding carboxylic acids is 1. The lowest BCUT2D eigenvalue weighted by Crippen LogP contribution is -2.49. The molecule has 0 aliphatic carbocycles. The molecule has 1 saturated heterocycles. The van der Waals surface area contributed by atoms with E-state index in [2.05, 4.69) is 55.1 Å². The second-order valence-electron chi connectivity index (χ2n) is 8.94. The Morgan fingerprint density at radius 3 is 2.43 bits per heavy atom. The Bertz CT molecular complexity index is 1300. The summed E-state index contributed by atoms with van der Waals surface area (Å²) in [6.07, 6.45) is 1.64. The molecule has 4 aromatic rings. The van der Waals surface area contributed by atoms with E-state index in [0.29, 0.717) is 13.1 Å². The second kappa shape index (κ2) is 10.4. The lowest BCUT2D eigenvalue weighted by Gasteiger charge is -2.36. The molecular formula is C29H30N4OS. The van der Waals surface area contributed by atoms with E-state index in [-0.39, 0.29) is 5.91 Å². The molecule has 5 rings (SSSR count). The van der Waals surface area contributed by atoms with Gasteiger partial charge in [-0.1, -0.05) is 73.2 Å². The Kier molecular flexibility index (Phi) is 6.91. The third kappa shape index (κ3) is 5.13. The molecule has 0 unspecified atom stereocenters. The first-order chi connectivity index (χ1) is 17.1. The molecule has 0 atom stereocenters. The van der Waals surface area contributed by atoms with Crippen molar-refractivity contribution in [1.82, 2.24) is 14.9 Å². The summed E-state index contributed by atoms with van der Waals surface area (Å²) in [5.74, 6) is 1.89. The second-order valence-corrected chi connectivity index (χ2v) is 9.89. The topological polar surface area (TPSA) is 49.3 Å². The van der Waals surface area contributed by atoms with Crippen molar-refractivity contribution >= 4 is 23.1 Å². The van der Waals surface area contributed by atoms with E-state index >= 15 is 0 Å². The van der Waals surface area contributed by atoms with Crippen LogP contribution >= 0.6 is 11.3 Å². The highest BCUT2D eigenvalue weighted by atomic mass is 32.1. The van der Waals surface area contributed by atoms with Crippen LogP contribution in [0.25, 0.3) is 11.4 Å². The summed E-state index contributed by atoms with van der Waals surface area (Å²) in [4.78, 5) is 28.1. The molecule has 2 aromatic carbocycles. The third-order valence-corrected chi connectivity index (χ3v) is 7.36. The average molecular weight is 483 g/mol. The Hall–Kier alpha value is -3.51. The highest BCUT2D eigenvalue weighted by Gasteiger charge is 2.26. The van der Waals surface area contributed by atoms with Crippen LogP contribution in [0.3, 0.4) is 0 Å². The van der Waals surface area contributed by atoms with Crippen molar-refractivity contribution in [1.29, 1.82) is 0 Å². The number of aryl methyl sites for hydroxylation is 2. The molecule has 6 heteroatoms. The molecule has 0 radical (unpaired) electrons. The summed E-state index contributed by atoms with van der Waals surface area (Å²) in [5, 5.41) is 1.96. The van der Waals surface area contributed by atoms with E-state index in [0.717, 1.165) is 53.7 Å². The van der Waals surface area contributed by atoms with E-state index < -0.39 is 0 Å². The number of carbonyl (C=O) groups is 1. The molecule has 0 bridgehead atoms. The minimum atomic E-state index is 0.126. The minimum Gasteiger partial charge on any atom is -0.353 e. The Morgan fingerprint density at radius 2 is 1.74 bits per heavy atom.